The first-order valence-corrected chi connectivity index (χ1v) is 7.86. The van der Waals surface area contributed by atoms with E-state index in [0.717, 1.165) is 44.7 Å². The van der Waals surface area contributed by atoms with Crippen LogP contribution in [0.5, 0.6) is 0 Å². The maximum atomic E-state index is 12.6. The van der Waals surface area contributed by atoms with Crippen molar-refractivity contribution in [3.63, 3.8) is 0 Å². The van der Waals surface area contributed by atoms with Crippen LogP contribution in [-0.2, 0) is 6.18 Å². The lowest BCUT2D eigenvalue weighted by molar-refractivity contribution is -0.137. The van der Waals surface area contributed by atoms with Gasteiger partial charge in [-0.3, -0.25) is 9.69 Å². The highest BCUT2D eigenvalue weighted by atomic mass is 19.4. The Morgan fingerprint density at radius 1 is 1.09 bits per heavy atom. The zero-order chi connectivity index (χ0) is 16.4. The predicted molar refractivity (Wildman–Crippen MR) is 80.2 cm³/mol. The molecule has 0 saturated carbocycles. The maximum Gasteiger partial charge on any atom is 0.416 e. The molecule has 7 heteroatoms. The van der Waals surface area contributed by atoms with Gasteiger partial charge in [-0.25, -0.2) is 0 Å². The number of alkyl halides is 3. The number of hydrogen-bond donors (Lipinski definition) is 1. The Morgan fingerprint density at radius 3 is 2.26 bits per heavy atom. The summed E-state index contributed by atoms with van der Waals surface area (Å²) in [7, 11) is 0. The average molecular weight is 327 g/mol. The molecule has 0 spiro atoms. The molecule has 1 N–H and O–H groups in total. The number of piperazine rings is 1. The molecule has 2 aliphatic heterocycles. The zero-order valence-corrected chi connectivity index (χ0v) is 12.8. The number of hydrogen-bond acceptors (Lipinski definition) is 3. The van der Waals surface area contributed by atoms with E-state index in [1.54, 1.807) is 4.90 Å². The molecule has 23 heavy (non-hydrogen) atoms. The molecule has 126 valence electrons. The minimum absolute atomic E-state index is 0.192. The highest BCUT2D eigenvalue weighted by molar-refractivity contribution is 5.94. The van der Waals surface area contributed by atoms with E-state index in [9.17, 15) is 18.0 Å². The van der Waals surface area contributed by atoms with Crippen molar-refractivity contribution in [2.24, 2.45) is 0 Å². The van der Waals surface area contributed by atoms with Crippen LogP contribution in [0.3, 0.4) is 0 Å². The van der Waals surface area contributed by atoms with E-state index in [1.807, 2.05) is 0 Å². The Morgan fingerprint density at radius 2 is 1.74 bits per heavy atom. The predicted octanol–water partition coefficient (Wildman–Crippen LogP) is 1.83. The van der Waals surface area contributed by atoms with E-state index in [-0.39, 0.29) is 5.91 Å². The summed E-state index contributed by atoms with van der Waals surface area (Å²) in [6.07, 6.45) is -3.24. The van der Waals surface area contributed by atoms with Gasteiger partial charge in [-0.1, -0.05) is 0 Å². The van der Waals surface area contributed by atoms with Gasteiger partial charge in [0.05, 0.1) is 5.56 Å². The first-order chi connectivity index (χ1) is 10.9. The molecule has 2 heterocycles. The monoisotopic (exact) mass is 327 g/mol. The summed E-state index contributed by atoms with van der Waals surface area (Å²) in [6, 6.07) is 5.00. The maximum absolute atomic E-state index is 12.6. The van der Waals surface area contributed by atoms with E-state index in [1.165, 1.54) is 12.1 Å². The van der Waals surface area contributed by atoms with E-state index >= 15 is 0 Å². The second-order valence-electron chi connectivity index (χ2n) is 6.05. The molecule has 0 radical (unpaired) electrons. The van der Waals surface area contributed by atoms with Gasteiger partial charge in [0.15, 0.2) is 0 Å². The van der Waals surface area contributed by atoms with E-state index in [4.69, 9.17) is 0 Å². The molecule has 0 bridgehead atoms. The fourth-order valence-corrected chi connectivity index (χ4v) is 3.23. The van der Waals surface area contributed by atoms with Gasteiger partial charge in [0.25, 0.3) is 5.91 Å². The molecule has 1 atom stereocenters. The Balaban J connectivity index is 1.58. The molecule has 4 nitrogen and oxygen atoms in total. The molecular weight excluding hydrogens is 307 g/mol. The summed E-state index contributed by atoms with van der Waals surface area (Å²) in [4.78, 5) is 16.5. The van der Waals surface area contributed by atoms with Crippen LogP contribution in [0, 0.1) is 0 Å². The Hall–Kier alpha value is -1.60. The molecule has 1 unspecified atom stereocenters. The van der Waals surface area contributed by atoms with Crippen LogP contribution >= 0.6 is 0 Å². The normalized spacial score (nSPS) is 23.3. The smallest absolute Gasteiger partial charge is 0.336 e. The topological polar surface area (TPSA) is 35.6 Å². The van der Waals surface area contributed by atoms with Crippen LogP contribution in [0.1, 0.15) is 22.3 Å². The molecule has 1 aromatic carbocycles. The van der Waals surface area contributed by atoms with Crippen molar-refractivity contribution in [1.82, 2.24) is 15.1 Å². The average Bonchev–Trinajstić information content (AvgIpc) is 3.08. The number of amides is 1. The van der Waals surface area contributed by atoms with Crippen LogP contribution in [0.15, 0.2) is 24.3 Å². The largest absolute Gasteiger partial charge is 0.416 e. The van der Waals surface area contributed by atoms with Crippen molar-refractivity contribution in [2.75, 3.05) is 39.3 Å². The highest BCUT2D eigenvalue weighted by Gasteiger charge is 2.31. The zero-order valence-electron chi connectivity index (χ0n) is 12.8. The lowest BCUT2D eigenvalue weighted by atomic mass is 10.1. The quantitative estimate of drug-likeness (QED) is 0.900. The number of carbonyl (C=O) groups excluding carboxylic acids is 1. The summed E-state index contributed by atoms with van der Waals surface area (Å²) >= 11 is 0. The molecular formula is C16H20F3N3O. The molecule has 1 amide bonds. The number of nitrogens with zero attached hydrogens (tertiary/aromatic N) is 2. The summed E-state index contributed by atoms with van der Waals surface area (Å²) < 4.78 is 37.7. The molecule has 3 rings (SSSR count). The molecule has 2 fully saturated rings. The second-order valence-corrected chi connectivity index (χ2v) is 6.05. The van der Waals surface area contributed by atoms with Gasteiger partial charge >= 0.3 is 6.18 Å². The van der Waals surface area contributed by atoms with Crippen molar-refractivity contribution in [3.05, 3.63) is 35.4 Å². The third-order valence-corrected chi connectivity index (χ3v) is 4.61. The Bertz CT molecular complexity index is 545. The van der Waals surface area contributed by atoms with Crippen LogP contribution in [0.4, 0.5) is 13.2 Å². The van der Waals surface area contributed by atoms with Gasteiger partial charge in [0.1, 0.15) is 0 Å². The third kappa shape index (κ3) is 3.67. The number of carbonyl (C=O) groups is 1. The van der Waals surface area contributed by atoms with Gasteiger partial charge in [0.2, 0.25) is 0 Å². The number of halogens is 3. The summed E-state index contributed by atoms with van der Waals surface area (Å²) in [5.74, 6) is -0.192. The lowest BCUT2D eigenvalue weighted by Gasteiger charge is -2.37. The molecule has 2 aliphatic rings. The third-order valence-electron chi connectivity index (χ3n) is 4.61. The van der Waals surface area contributed by atoms with Crippen molar-refractivity contribution in [3.8, 4) is 0 Å². The minimum Gasteiger partial charge on any atom is -0.336 e. The van der Waals surface area contributed by atoms with Crippen LogP contribution in [0.2, 0.25) is 0 Å². The number of benzene rings is 1. The van der Waals surface area contributed by atoms with Crippen LogP contribution in [0.25, 0.3) is 0 Å². The summed E-state index contributed by atoms with van der Waals surface area (Å²) in [5, 5.41) is 3.33. The molecule has 0 aromatic heterocycles. The van der Waals surface area contributed by atoms with Crippen molar-refractivity contribution >= 4 is 5.91 Å². The van der Waals surface area contributed by atoms with E-state index < -0.39 is 11.7 Å². The van der Waals surface area contributed by atoms with Gasteiger partial charge < -0.3 is 10.2 Å². The molecule has 2 saturated heterocycles. The lowest BCUT2D eigenvalue weighted by Crippen LogP contribution is -2.52. The van der Waals surface area contributed by atoms with Gasteiger partial charge in [-0.15, -0.1) is 0 Å². The fraction of sp³-hybridized carbons (Fsp3) is 0.562. The van der Waals surface area contributed by atoms with Gasteiger partial charge in [0, 0.05) is 44.3 Å². The van der Waals surface area contributed by atoms with Gasteiger partial charge in [-0.05, 0) is 37.2 Å². The first kappa shape index (κ1) is 16.3. The summed E-state index contributed by atoms with van der Waals surface area (Å²) in [6.45, 7) is 4.91. The highest BCUT2D eigenvalue weighted by Crippen LogP contribution is 2.29. The van der Waals surface area contributed by atoms with Crippen LogP contribution < -0.4 is 5.32 Å². The number of rotatable bonds is 2. The molecule has 1 aromatic rings. The van der Waals surface area contributed by atoms with Gasteiger partial charge in [-0.2, -0.15) is 13.2 Å². The van der Waals surface area contributed by atoms with E-state index in [2.05, 4.69) is 10.2 Å². The second kappa shape index (κ2) is 6.49. The molecule has 0 aliphatic carbocycles. The van der Waals surface area contributed by atoms with Crippen molar-refractivity contribution < 1.29 is 18.0 Å². The Kier molecular flexibility index (Phi) is 4.59. The Labute approximate surface area is 133 Å². The first-order valence-electron chi connectivity index (χ1n) is 7.86. The van der Waals surface area contributed by atoms with Crippen molar-refractivity contribution in [1.29, 1.82) is 0 Å². The summed E-state index contributed by atoms with van der Waals surface area (Å²) in [5.41, 5.74) is -0.415. The standard InChI is InChI=1S/C16H20F3N3O/c17-16(18,19)13-3-1-12(2-4-13)15(23)22-9-7-21(8-10-22)14-5-6-20-11-14/h1-4,14,20H,5-11H2. The van der Waals surface area contributed by atoms with Crippen LogP contribution in [-0.4, -0.2) is 61.0 Å². The van der Waals surface area contributed by atoms with Crippen molar-refractivity contribution in [2.45, 2.75) is 18.6 Å². The van der Waals surface area contributed by atoms with E-state index in [0.29, 0.717) is 24.7 Å². The minimum atomic E-state index is -4.37. The SMILES string of the molecule is O=C(c1ccc(C(F)(F)F)cc1)N1CCN(C2CCNC2)CC1. The fourth-order valence-electron chi connectivity index (χ4n) is 3.23. The number of nitrogens with one attached hydrogen (secondary N) is 1.